The van der Waals surface area contributed by atoms with Crippen molar-refractivity contribution in [3.63, 3.8) is 0 Å². The highest BCUT2D eigenvalue weighted by Crippen LogP contribution is 2.46. The number of hydrogen-bond donors (Lipinski definition) is 3. The number of halogens is 4. The Bertz CT molecular complexity index is 2030. The lowest BCUT2D eigenvalue weighted by Gasteiger charge is -2.36. The second-order valence-corrected chi connectivity index (χ2v) is 16.6. The van der Waals surface area contributed by atoms with Gasteiger partial charge in [-0.1, -0.05) is 52.5 Å². The van der Waals surface area contributed by atoms with Crippen LogP contribution in [0.1, 0.15) is 59.4 Å². The topological polar surface area (TPSA) is 147 Å². The molecule has 286 valence electrons. The van der Waals surface area contributed by atoms with E-state index in [4.69, 9.17) is 4.74 Å². The van der Waals surface area contributed by atoms with Crippen LogP contribution in [-0.4, -0.2) is 71.5 Å². The number of anilines is 1. The van der Waals surface area contributed by atoms with Crippen molar-refractivity contribution in [1.29, 1.82) is 0 Å². The van der Waals surface area contributed by atoms with Crippen molar-refractivity contribution in [1.82, 2.24) is 19.9 Å². The van der Waals surface area contributed by atoms with E-state index in [1.54, 1.807) is 45.2 Å². The molecule has 0 radical (unpaired) electrons. The van der Waals surface area contributed by atoms with Gasteiger partial charge in [0, 0.05) is 29.6 Å². The zero-order valence-corrected chi connectivity index (χ0v) is 29.5. The minimum atomic E-state index is -4.86. The van der Waals surface area contributed by atoms with Crippen LogP contribution in [0, 0.1) is 17.2 Å². The van der Waals surface area contributed by atoms with E-state index in [0.717, 1.165) is 11.5 Å². The lowest BCUT2D eigenvalue weighted by atomic mass is 9.85. The van der Waals surface area contributed by atoms with Crippen molar-refractivity contribution in [2.75, 3.05) is 11.9 Å². The SMILES string of the molecule is C.C=C[C@@H]1C[C@]1(NC(=O)[C@@H]1C[C@@H](Oc2nccc3ccccc23)CN1C(=O)[C@@H](Nc1cc(F)cc(C(F)(F)F)c1)C(C)(C)C)C(=O)NS(=O)(=O)C1CC1. The molecule has 2 saturated carbocycles. The van der Waals surface area contributed by atoms with Gasteiger partial charge in [-0.2, -0.15) is 13.2 Å². The number of aromatic nitrogens is 1. The first-order valence-corrected chi connectivity index (χ1v) is 18.3. The molecule has 3 amide bonds. The molecule has 1 aromatic heterocycles. The van der Waals surface area contributed by atoms with E-state index in [1.165, 1.54) is 11.0 Å². The number of benzene rings is 2. The summed E-state index contributed by atoms with van der Waals surface area (Å²) in [4.78, 5) is 47.7. The van der Waals surface area contributed by atoms with Gasteiger partial charge in [0.05, 0.1) is 17.4 Å². The minimum absolute atomic E-state index is 0. The van der Waals surface area contributed by atoms with E-state index in [-0.39, 0.29) is 38.4 Å². The van der Waals surface area contributed by atoms with Gasteiger partial charge in [-0.25, -0.2) is 17.8 Å². The summed E-state index contributed by atoms with van der Waals surface area (Å²) in [5.74, 6) is -3.90. The highest BCUT2D eigenvalue weighted by Gasteiger charge is 2.62. The first kappa shape index (κ1) is 39.5. The third kappa shape index (κ3) is 8.26. The van der Waals surface area contributed by atoms with E-state index >= 15 is 0 Å². The van der Waals surface area contributed by atoms with Gasteiger partial charge in [0.2, 0.25) is 27.7 Å². The van der Waals surface area contributed by atoms with Crippen molar-refractivity contribution in [3.8, 4) is 5.88 Å². The van der Waals surface area contributed by atoms with Crippen LogP contribution in [0.4, 0.5) is 23.2 Å². The summed E-state index contributed by atoms with van der Waals surface area (Å²) < 4.78 is 88.8. The average molecular weight is 762 g/mol. The van der Waals surface area contributed by atoms with E-state index < -0.39 is 85.6 Å². The number of nitrogens with zero attached hydrogens (tertiary/aromatic N) is 2. The number of carbonyl (C=O) groups excluding carboxylic acids is 3. The number of fused-ring (bicyclic) bond motifs is 1. The molecule has 3 fully saturated rings. The zero-order valence-electron chi connectivity index (χ0n) is 28.7. The number of nitrogens with one attached hydrogen (secondary N) is 3. The Hall–Kier alpha value is -4.73. The van der Waals surface area contributed by atoms with Crippen molar-refractivity contribution >= 4 is 44.2 Å². The van der Waals surface area contributed by atoms with Gasteiger partial charge < -0.3 is 20.3 Å². The summed E-state index contributed by atoms with van der Waals surface area (Å²) in [5.41, 5.74) is -4.17. The number of likely N-dealkylation sites (tertiary alicyclic amines) is 1. The molecule has 53 heavy (non-hydrogen) atoms. The monoisotopic (exact) mass is 761 g/mol. The van der Waals surface area contributed by atoms with Gasteiger partial charge >= 0.3 is 6.18 Å². The Kier molecular flexibility index (Phi) is 10.6. The van der Waals surface area contributed by atoms with Crippen LogP contribution in [-0.2, 0) is 30.6 Å². The van der Waals surface area contributed by atoms with Crippen LogP contribution in [0.15, 0.2) is 67.4 Å². The van der Waals surface area contributed by atoms with Crippen molar-refractivity contribution in [2.45, 2.75) is 89.0 Å². The Morgan fingerprint density at radius 3 is 2.42 bits per heavy atom. The van der Waals surface area contributed by atoms with Crippen LogP contribution in [0.2, 0.25) is 0 Å². The van der Waals surface area contributed by atoms with Gasteiger partial charge in [-0.3, -0.25) is 19.1 Å². The summed E-state index contributed by atoms with van der Waals surface area (Å²) in [7, 11) is -3.96. The average Bonchev–Trinajstić information content (AvgIpc) is 3.99. The number of pyridine rings is 1. The molecule has 5 atom stereocenters. The van der Waals surface area contributed by atoms with Crippen LogP contribution in [0.25, 0.3) is 10.8 Å². The molecule has 2 aliphatic carbocycles. The van der Waals surface area contributed by atoms with Gasteiger partial charge in [-0.15, -0.1) is 6.58 Å². The maximum Gasteiger partial charge on any atom is 0.416 e. The van der Waals surface area contributed by atoms with Gasteiger partial charge in [0.15, 0.2) is 0 Å². The molecule has 2 heterocycles. The second kappa shape index (κ2) is 14.3. The van der Waals surface area contributed by atoms with E-state index in [2.05, 4.69) is 26.9 Å². The smallest absolute Gasteiger partial charge is 0.416 e. The number of rotatable bonds is 11. The predicted octanol–water partition coefficient (Wildman–Crippen LogP) is 5.57. The van der Waals surface area contributed by atoms with E-state index in [1.807, 2.05) is 12.1 Å². The quantitative estimate of drug-likeness (QED) is 0.170. The maximum absolute atomic E-state index is 14.5. The molecule has 16 heteroatoms. The van der Waals surface area contributed by atoms with Gasteiger partial charge in [0.25, 0.3) is 5.91 Å². The van der Waals surface area contributed by atoms with Crippen LogP contribution >= 0.6 is 0 Å². The zero-order chi connectivity index (χ0) is 37.8. The number of carbonyl (C=O) groups is 3. The number of hydrogen-bond acceptors (Lipinski definition) is 8. The number of alkyl halides is 3. The minimum Gasteiger partial charge on any atom is -0.472 e. The summed E-state index contributed by atoms with van der Waals surface area (Å²) in [5, 5.41) is 6.29. The molecule has 3 N–H and O–H groups in total. The number of ether oxygens (including phenoxy) is 1. The first-order valence-electron chi connectivity index (χ1n) is 16.8. The van der Waals surface area contributed by atoms with Gasteiger partial charge in [-0.05, 0) is 60.4 Å². The third-order valence-electron chi connectivity index (χ3n) is 9.66. The molecular formula is C37H43F4N5O6S. The lowest BCUT2D eigenvalue weighted by molar-refractivity contribution is -0.141. The van der Waals surface area contributed by atoms with Crippen molar-refractivity contribution in [3.05, 3.63) is 78.8 Å². The molecule has 3 aromatic rings. The Balaban J connectivity index is 0.00000541. The van der Waals surface area contributed by atoms with E-state index in [9.17, 15) is 40.4 Å². The van der Waals surface area contributed by atoms with Crippen LogP contribution in [0.3, 0.4) is 0 Å². The summed E-state index contributed by atoms with van der Waals surface area (Å²) in [6, 6.07) is 8.43. The number of amides is 3. The second-order valence-electron chi connectivity index (χ2n) is 14.7. The maximum atomic E-state index is 14.5. The van der Waals surface area contributed by atoms with Crippen molar-refractivity contribution in [2.24, 2.45) is 11.3 Å². The standard InChI is InChI=1S/C36H39F4N5O6S.CH4/c1-5-21-18-35(21,33(48)44-52(49,50)26-10-11-26)43-30(46)28-17-25(51-31-27-9-7-6-8-20(27)12-13-41-31)19-45(28)32(47)29(34(2,3)4)42-24-15-22(36(38,39)40)14-23(37)16-24;/h5-9,12-16,21,25-26,28-29,42H,1,10-11,17-19H2,2-4H3,(H,43,46)(H,44,48);1H4/t21-,25-,28+,29-,35-;/m1./s1. The molecule has 0 unspecified atom stereocenters. The number of sulfonamides is 1. The molecule has 0 spiro atoms. The Morgan fingerprint density at radius 2 is 1.79 bits per heavy atom. The molecule has 11 nitrogen and oxygen atoms in total. The first-order chi connectivity index (χ1) is 24.3. The van der Waals surface area contributed by atoms with E-state index in [0.29, 0.717) is 30.4 Å². The van der Waals surface area contributed by atoms with Gasteiger partial charge in [0.1, 0.15) is 29.5 Å². The molecule has 2 aromatic carbocycles. The largest absolute Gasteiger partial charge is 0.472 e. The highest BCUT2D eigenvalue weighted by molar-refractivity contribution is 7.91. The highest BCUT2D eigenvalue weighted by atomic mass is 32.2. The summed E-state index contributed by atoms with van der Waals surface area (Å²) >= 11 is 0. The molecule has 1 aliphatic heterocycles. The Labute approximate surface area is 305 Å². The fourth-order valence-electron chi connectivity index (χ4n) is 6.56. The molecule has 1 saturated heterocycles. The molecule has 3 aliphatic rings. The Morgan fingerprint density at radius 1 is 1.09 bits per heavy atom. The fraction of sp³-hybridized carbons (Fsp3) is 0.459. The third-order valence-corrected chi connectivity index (χ3v) is 11.5. The summed E-state index contributed by atoms with van der Waals surface area (Å²) in [6.07, 6.45) is -1.86. The molecule has 6 rings (SSSR count). The molecular weight excluding hydrogens is 718 g/mol. The molecule has 0 bridgehead atoms. The summed E-state index contributed by atoms with van der Waals surface area (Å²) in [6.45, 7) is 8.53. The van der Waals surface area contributed by atoms with Crippen LogP contribution < -0.4 is 20.1 Å². The fourth-order valence-corrected chi connectivity index (χ4v) is 7.92. The van der Waals surface area contributed by atoms with Crippen molar-refractivity contribution < 1.29 is 45.1 Å². The normalized spacial score (nSPS) is 23.4. The lowest BCUT2D eigenvalue weighted by Crippen LogP contribution is -2.58. The predicted molar refractivity (Wildman–Crippen MR) is 191 cm³/mol. The van der Waals surface area contributed by atoms with Crippen LogP contribution in [0.5, 0.6) is 5.88 Å².